The number of benzene rings is 3. The first-order valence-electron chi connectivity index (χ1n) is 10.6. The molecule has 1 unspecified atom stereocenters. The van der Waals surface area contributed by atoms with E-state index in [9.17, 15) is 4.39 Å². The van der Waals surface area contributed by atoms with Gasteiger partial charge in [0.15, 0.2) is 11.5 Å². The molecule has 0 aliphatic heterocycles. The number of fused-ring (bicyclic) bond motifs is 1. The predicted molar refractivity (Wildman–Crippen MR) is 122 cm³/mol. The van der Waals surface area contributed by atoms with Gasteiger partial charge in [-0.1, -0.05) is 42.5 Å². The number of aryl methyl sites for hydroxylation is 1. The van der Waals surface area contributed by atoms with E-state index in [0.29, 0.717) is 6.54 Å². The zero-order valence-corrected chi connectivity index (χ0v) is 17.6. The summed E-state index contributed by atoms with van der Waals surface area (Å²) in [5.41, 5.74) is 3.22. The first-order valence-corrected chi connectivity index (χ1v) is 10.6. The topological polar surface area (TPSA) is 46.3 Å². The summed E-state index contributed by atoms with van der Waals surface area (Å²) in [6, 6.07) is 22.7. The van der Waals surface area contributed by atoms with Gasteiger partial charge < -0.3 is 19.8 Å². The lowest BCUT2D eigenvalue weighted by Gasteiger charge is -2.21. The number of aromatic amines is 1. The zero-order chi connectivity index (χ0) is 21.5. The summed E-state index contributed by atoms with van der Waals surface area (Å²) in [7, 11) is 1.65. The molecule has 0 radical (unpaired) electrons. The maximum atomic E-state index is 13.6. The van der Waals surface area contributed by atoms with Crippen molar-refractivity contribution in [1.29, 1.82) is 0 Å². The standard InChI is InChI=1S/C26H27FN2O2/c1-30-24-11-5-6-12-25(24)31-26(19-8-3-2-4-9-19)18-28-15-7-10-20-17-29-23-14-13-21(27)16-22(20)23/h2-6,8-9,11-14,16-17,26,28-29H,7,10,15,18H2,1H3. The summed E-state index contributed by atoms with van der Waals surface area (Å²) < 4.78 is 25.3. The van der Waals surface area contributed by atoms with Crippen molar-refractivity contribution in [2.75, 3.05) is 20.2 Å². The van der Waals surface area contributed by atoms with Gasteiger partial charge in [-0.05, 0) is 60.8 Å². The number of halogens is 1. The van der Waals surface area contributed by atoms with Gasteiger partial charge in [0.25, 0.3) is 0 Å². The first-order chi connectivity index (χ1) is 15.2. The fourth-order valence-corrected chi connectivity index (χ4v) is 3.76. The van der Waals surface area contributed by atoms with Crippen LogP contribution in [0.15, 0.2) is 79.0 Å². The van der Waals surface area contributed by atoms with Gasteiger partial charge in [0.05, 0.1) is 7.11 Å². The van der Waals surface area contributed by atoms with E-state index in [0.717, 1.165) is 52.9 Å². The second-order valence-corrected chi connectivity index (χ2v) is 7.48. The van der Waals surface area contributed by atoms with Crippen LogP contribution in [0.25, 0.3) is 10.9 Å². The van der Waals surface area contributed by atoms with Crippen LogP contribution in [0, 0.1) is 5.82 Å². The summed E-state index contributed by atoms with van der Waals surface area (Å²) >= 11 is 0. The molecule has 0 aliphatic rings. The monoisotopic (exact) mass is 418 g/mol. The minimum atomic E-state index is -0.203. The Morgan fingerprint density at radius 2 is 1.74 bits per heavy atom. The second-order valence-electron chi connectivity index (χ2n) is 7.48. The molecule has 4 nitrogen and oxygen atoms in total. The lowest BCUT2D eigenvalue weighted by atomic mass is 10.1. The molecule has 0 saturated heterocycles. The Kier molecular flexibility index (Phi) is 6.85. The van der Waals surface area contributed by atoms with Crippen LogP contribution in [0.4, 0.5) is 4.39 Å². The average Bonchev–Trinajstić information content (AvgIpc) is 3.21. The van der Waals surface area contributed by atoms with Gasteiger partial charge in [-0.15, -0.1) is 0 Å². The largest absolute Gasteiger partial charge is 0.493 e. The zero-order valence-electron chi connectivity index (χ0n) is 17.6. The van der Waals surface area contributed by atoms with Gasteiger partial charge in [-0.3, -0.25) is 0 Å². The number of hydrogen-bond donors (Lipinski definition) is 2. The van der Waals surface area contributed by atoms with E-state index in [1.807, 2.05) is 48.7 Å². The summed E-state index contributed by atoms with van der Waals surface area (Å²) in [5.74, 6) is 1.24. The Morgan fingerprint density at radius 1 is 0.968 bits per heavy atom. The molecule has 0 saturated carbocycles. The third-order valence-corrected chi connectivity index (χ3v) is 5.37. The Balaban J connectivity index is 1.36. The van der Waals surface area contributed by atoms with E-state index < -0.39 is 0 Å². The predicted octanol–water partition coefficient (Wildman–Crippen LogP) is 5.66. The number of ether oxygens (including phenoxy) is 2. The average molecular weight is 419 g/mol. The van der Waals surface area contributed by atoms with Crippen molar-refractivity contribution < 1.29 is 13.9 Å². The molecule has 31 heavy (non-hydrogen) atoms. The van der Waals surface area contributed by atoms with Crippen LogP contribution in [0.5, 0.6) is 11.5 Å². The molecule has 160 valence electrons. The molecule has 1 aromatic heterocycles. The van der Waals surface area contributed by atoms with Crippen LogP contribution in [-0.2, 0) is 6.42 Å². The third-order valence-electron chi connectivity index (χ3n) is 5.37. The van der Waals surface area contributed by atoms with Crippen molar-refractivity contribution in [3.05, 3.63) is 95.9 Å². The van der Waals surface area contributed by atoms with E-state index in [1.54, 1.807) is 19.2 Å². The highest BCUT2D eigenvalue weighted by molar-refractivity contribution is 5.83. The van der Waals surface area contributed by atoms with Gasteiger partial charge >= 0.3 is 0 Å². The SMILES string of the molecule is COc1ccccc1OC(CNCCCc1c[nH]c2ccc(F)cc12)c1ccccc1. The lowest BCUT2D eigenvalue weighted by Crippen LogP contribution is -2.26. The molecule has 3 aromatic carbocycles. The quantitative estimate of drug-likeness (QED) is 0.327. The number of nitrogens with one attached hydrogen (secondary N) is 2. The minimum Gasteiger partial charge on any atom is -0.493 e. The fourth-order valence-electron chi connectivity index (χ4n) is 3.76. The van der Waals surface area contributed by atoms with Gasteiger partial charge in [0, 0.05) is 23.6 Å². The van der Waals surface area contributed by atoms with E-state index in [1.165, 1.54) is 6.07 Å². The van der Waals surface area contributed by atoms with Crippen molar-refractivity contribution in [2.24, 2.45) is 0 Å². The molecule has 1 atom stereocenters. The third kappa shape index (κ3) is 5.25. The maximum absolute atomic E-state index is 13.6. The van der Waals surface area contributed by atoms with Crippen LogP contribution >= 0.6 is 0 Å². The van der Waals surface area contributed by atoms with Crippen molar-refractivity contribution in [1.82, 2.24) is 10.3 Å². The number of aromatic nitrogens is 1. The number of H-pyrrole nitrogens is 1. The lowest BCUT2D eigenvalue weighted by molar-refractivity contribution is 0.193. The molecule has 0 bridgehead atoms. The Bertz CT molecular complexity index is 1110. The molecule has 4 rings (SSSR count). The molecule has 5 heteroatoms. The normalized spacial score (nSPS) is 12.1. The Labute approximate surface area is 182 Å². The highest BCUT2D eigenvalue weighted by atomic mass is 19.1. The highest BCUT2D eigenvalue weighted by Gasteiger charge is 2.15. The molecular formula is C26H27FN2O2. The van der Waals surface area contributed by atoms with Crippen LogP contribution in [0.3, 0.4) is 0 Å². The molecule has 1 heterocycles. The Morgan fingerprint density at radius 3 is 2.55 bits per heavy atom. The summed E-state index contributed by atoms with van der Waals surface area (Å²) in [6.07, 6.45) is 3.65. The number of rotatable bonds is 10. The fraction of sp³-hybridized carbons (Fsp3) is 0.231. The van der Waals surface area contributed by atoms with Crippen molar-refractivity contribution in [3.63, 3.8) is 0 Å². The number of methoxy groups -OCH3 is 1. The smallest absolute Gasteiger partial charge is 0.162 e. The summed E-state index contributed by atoms with van der Waals surface area (Å²) in [4.78, 5) is 3.22. The van der Waals surface area contributed by atoms with Crippen LogP contribution in [-0.4, -0.2) is 25.2 Å². The van der Waals surface area contributed by atoms with E-state index in [-0.39, 0.29) is 11.9 Å². The summed E-state index contributed by atoms with van der Waals surface area (Å²) in [5, 5.41) is 4.47. The minimum absolute atomic E-state index is 0.139. The van der Waals surface area contributed by atoms with Crippen LogP contribution in [0.1, 0.15) is 23.7 Å². The molecule has 0 amide bonds. The first kappa shape index (κ1) is 20.9. The van der Waals surface area contributed by atoms with Crippen molar-refractivity contribution >= 4 is 10.9 Å². The highest BCUT2D eigenvalue weighted by Crippen LogP contribution is 2.30. The van der Waals surface area contributed by atoms with Crippen molar-refractivity contribution in [3.8, 4) is 11.5 Å². The van der Waals surface area contributed by atoms with E-state index in [4.69, 9.17) is 9.47 Å². The molecule has 4 aromatic rings. The summed E-state index contributed by atoms with van der Waals surface area (Å²) in [6.45, 7) is 1.51. The molecule has 2 N–H and O–H groups in total. The second kappa shape index (κ2) is 10.1. The van der Waals surface area contributed by atoms with Gasteiger partial charge in [-0.2, -0.15) is 0 Å². The van der Waals surface area contributed by atoms with Crippen LogP contribution < -0.4 is 14.8 Å². The molecular weight excluding hydrogens is 391 g/mol. The Hall–Kier alpha value is -3.31. The van der Waals surface area contributed by atoms with Gasteiger partial charge in [0.1, 0.15) is 11.9 Å². The maximum Gasteiger partial charge on any atom is 0.162 e. The number of hydrogen-bond acceptors (Lipinski definition) is 3. The van der Waals surface area contributed by atoms with Gasteiger partial charge in [-0.25, -0.2) is 4.39 Å². The van der Waals surface area contributed by atoms with Crippen molar-refractivity contribution in [2.45, 2.75) is 18.9 Å². The molecule has 0 aliphatic carbocycles. The van der Waals surface area contributed by atoms with E-state index in [2.05, 4.69) is 22.4 Å². The van der Waals surface area contributed by atoms with E-state index >= 15 is 0 Å². The van der Waals surface area contributed by atoms with Crippen LogP contribution in [0.2, 0.25) is 0 Å². The molecule has 0 fully saturated rings. The number of para-hydroxylation sites is 2. The van der Waals surface area contributed by atoms with Gasteiger partial charge in [0.2, 0.25) is 0 Å². The molecule has 0 spiro atoms.